The molecule has 0 aromatic heterocycles. The lowest BCUT2D eigenvalue weighted by molar-refractivity contribution is 0.945. The van der Waals surface area contributed by atoms with Crippen LogP contribution < -0.4 is 10.9 Å². The van der Waals surface area contributed by atoms with Crippen molar-refractivity contribution in [3.05, 3.63) is 88.4 Å². The fourth-order valence-electron chi connectivity index (χ4n) is 6.28. The molecule has 0 saturated carbocycles. The van der Waals surface area contributed by atoms with Crippen molar-refractivity contribution in [3.8, 4) is 0 Å². The van der Waals surface area contributed by atoms with Crippen molar-refractivity contribution in [2.24, 2.45) is 0 Å². The molecular weight excluding hydrogens is 451 g/mol. The van der Waals surface area contributed by atoms with Crippen molar-refractivity contribution in [1.82, 2.24) is 0 Å². The maximum Gasteiger partial charge on any atom is 0.239 e. The van der Waals surface area contributed by atoms with E-state index in [-0.39, 0.29) is 6.71 Å². The smallest absolute Gasteiger partial charge is 0.0758 e. The number of hydrogen-bond acceptors (Lipinski definition) is 0. The van der Waals surface area contributed by atoms with Crippen LogP contribution in [0.1, 0.15) is 42.0 Å². The molecule has 32 heavy (non-hydrogen) atoms. The average Bonchev–Trinajstić information content (AvgIpc) is 2.77. The van der Waals surface area contributed by atoms with Gasteiger partial charge in [-0.1, -0.05) is 123 Å². The van der Waals surface area contributed by atoms with E-state index >= 15 is 0 Å². The van der Waals surface area contributed by atoms with Crippen molar-refractivity contribution in [2.45, 2.75) is 40.5 Å². The maximum absolute atomic E-state index is 4.11. The van der Waals surface area contributed by atoms with Crippen molar-refractivity contribution in [2.75, 3.05) is 0 Å². The van der Waals surface area contributed by atoms with Crippen LogP contribution in [-0.4, -0.2) is 6.71 Å². The highest BCUT2D eigenvalue weighted by atomic mass is 79.9. The number of rotatable bonds is 3. The summed E-state index contributed by atoms with van der Waals surface area (Å²) in [5.41, 5.74) is 9.97. The normalized spacial score (nSPS) is 13.8. The fourth-order valence-corrected chi connectivity index (χ4v) is 7.04. The average molecular weight is 477 g/mol. The predicted molar refractivity (Wildman–Crippen MR) is 147 cm³/mol. The van der Waals surface area contributed by atoms with E-state index in [2.05, 4.69) is 104 Å². The summed E-state index contributed by atoms with van der Waals surface area (Å²) in [6.07, 6.45) is 2.24. The molecule has 5 aromatic carbocycles. The lowest BCUT2D eigenvalue weighted by atomic mass is 9.32. The molecule has 1 aliphatic rings. The Kier molecular flexibility index (Phi) is 4.52. The van der Waals surface area contributed by atoms with Crippen molar-refractivity contribution >= 4 is 70.4 Å². The van der Waals surface area contributed by atoms with Gasteiger partial charge in [-0.05, 0) is 65.1 Å². The molecular formula is C30H26BBr. The van der Waals surface area contributed by atoms with Gasteiger partial charge < -0.3 is 0 Å². The van der Waals surface area contributed by atoms with Gasteiger partial charge in [0.2, 0.25) is 6.71 Å². The van der Waals surface area contributed by atoms with Gasteiger partial charge in [0.15, 0.2) is 0 Å². The quantitative estimate of drug-likeness (QED) is 0.186. The Labute approximate surface area is 198 Å². The SMILES string of the molecule is CCCC1=C(Br)c2ccc3ccc4cccc5cc(c2c3c45)B1c1c(C)cc(C)cc1C. The Hall–Kier alpha value is -2.58. The van der Waals surface area contributed by atoms with Gasteiger partial charge in [0.05, 0.1) is 0 Å². The minimum atomic E-state index is 0.284. The predicted octanol–water partition coefficient (Wildman–Crippen LogP) is 7.58. The highest BCUT2D eigenvalue weighted by molar-refractivity contribution is 9.15. The molecule has 5 aromatic rings. The van der Waals surface area contributed by atoms with E-state index in [1.54, 1.807) is 0 Å². The summed E-state index contributed by atoms with van der Waals surface area (Å²) in [4.78, 5) is 0. The van der Waals surface area contributed by atoms with E-state index < -0.39 is 0 Å². The molecule has 0 radical (unpaired) electrons. The van der Waals surface area contributed by atoms with Gasteiger partial charge in [-0.3, -0.25) is 0 Å². The van der Waals surface area contributed by atoms with Gasteiger partial charge in [-0.2, -0.15) is 0 Å². The molecule has 0 saturated heterocycles. The zero-order valence-corrected chi connectivity index (χ0v) is 20.7. The first kappa shape index (κ1) is 20.1. The third-order valence-corrected chi connectivity index (χ3v) is 8.32. The highest BCUT2D eigenvalue weighted by Gasteiger charge is 2.35. The topological polar surface area (TPSA) is 0 Å². The van der Waals surface area contributed by atoms with Crippen LogP contribution in [0.3, 0.4) is 0 Å². The van der Waals surface area contributed by atoms with Crippen LogP contribution >= 0.6 is 15.9 Å². The summed E-state index contributed by atoms with van der Waals surface area (Å²) in [7, 11) is 0. The third-order valence-electron chi connectivity index (χ3n) is 7.38. The van der Waals surface area contributed by atoms with E-state index in [1.165, 1.54) is 75.5 Å². The minimum Gasteiger partial charge on any atom is -0.0758 e. The minimum absolute atomic E-state index is 0.284. The largest absolute Gasteiger partial charge is 0.239 e. The molecule has 0 spiro atoms. The van der Waals surface area contributed by atoms with E-state index in [4.69, 9.17) is 0 Å². The molecule has 1 heterocycles. The Bertz CT molecular complexity index is 1550. The molecule has 0 fully saturated rings. The molecule has 0 unspecified atom stereocenters. The number of benzene rings is 5. The van der Waals surface area contributed by atoms with Crippen molar-refractivity contribution < 1.29 is 0 Å². The lowest BCUT2D eigenvalue weighted by Crippen LogP contribution is -2.49. The molecule has 0 aliphatic carbocycles. The summed E-state index contributed by atoms with van der Waals surface area (Å²) in [5.74, 6) is 0. The van der Waals surface area contributed by atoms with Crippen LogP contribution in [0.4, 0.5) is 0 Å². The molecule has 0 N–H and O–H groups in total. The molecule has 0 bridgehead atoms. The zero-order chi connectivity index (χ0) is 22.1. The second-order valence-electron chi connectivity index (χ2n) is 9.53. The summed E-state index contributed by atoms with van der Waals surface area (Å²) >= 11 is 4.11. The Morgan fingerprint density at radius 3 is 2.12 bits per heavy atom. The fraction of sp³-hybridized carbons (Fsp3) is 0.200. The summed E-state index contributed by atoms with van der Waals surface area (Å²) in [6.45, 7) is 9.37. The molecule has 0 atom stereocenters. The second-order valence-corrected chi connectivity index (χ2v) is 10.3. The summed E-state index contributed by atoms with van der Waals surface area (Å²) in [6, 6.07) is 23.1. The molecule has 0 amide bonds. The van der Waals surface area contributed by atoms with Crippen molar-refractivity contribution in [3.63, 3.8) is 0 Å². The van der Waals surface area contributed by atoms with Crippen LogP contribution in [0.2, 0.25) is 0 Å². The zero-order valence-electron chi connectivity index (χ0n) is 19.1. The van der Waals surface area contributed by atoms with Crippen LogP contribution in [0.25, 0.3) is 36.8 Å². The van der Waals surface area contributed by atoms with Crippen LogP contribution in [0, 0.1) is 20.8 Å². The van der Waals surface area contributed by atoms with E-state index in [9.17, 15) is 0 Å². The van der Waals surface area contributed by atoms with Gasteiger partial charge >= 0.3 is 0 Å². The van der Waals surface area contributed by atoms with E-state index in [0.717, 1.165) is 12.8 Å². The molecule has 6 rings (SSSR count). The third kappa shape index (κ3) is 2.69. The standard InChI is InChI=1S/C30H26BBr/c1-5-7-24-30(32)23-13-12-21-11-10-20-8-6-9-22-16-25(28(23)27(21)26(20)22)31(24)29-18(3)14-17(2)15-19(29)4/h6,8-16H,5,7H2,1-4H3. The lowest BCUT2D eigenvalue weighted by Gasteiger charge is -2.31. The number of aryl methyl sites for hydroxylation is 3. The number of allylic oxidation sites excluding steroid dienone is 1. The molecule has 0 nitrogen and oxygen atoms in total. The monoisotopic (exact) mass is 476 g/mol. The Balaban J connectivity index is 1.83. The molecule has 1 aliphatic heterocycles. The highest BCUT2D eigenvalue weighted by Crippen LogP contribution is 2.43. The van der Waals surface area contributed by atoms with Gasteiger partial charge in [-0.25, -0.2) is 0 Å². The maximum atomic E-state index is 4.11. The Morgan fingerprint density at radius 1 is 0.750 bits per heavy atom. The van der Waals surface area contributed by atoms with Gasteiger partial charge in [0, 0.05) is 4.48 Å². The van der Waals surface area contributed by atoms with Crippen LogP contribution in [-0.2, 0) is 0 Å². The molecule has 2 heteroatoms. The first-order valence-corrected chi connectivity index (χ1v) is 12.5. The van der Waals surface area contributed by atoms with E-state index in [1.807, 2.05) is 0 Å². The first-order chi connectivity index (χ1) is 15.5. The van der Waals surface area contributed by atoms with Crippen molar-refractivity contribution in [1.29, 1.82) is 0 Å². The number of hydrogen-bond donors (Lipinski definition) is 0. The summed E-state index contributed by atoms with van der Waals surface area (Å²) in [5, 5.41) is 8.29. The second kappa shape index (κ2) is 7.22. The first-order valence-electron chi connectivity index (χ1n) is 11.7. The van der Waals surface area contributed by atoms with Crippen LogP contribution in [0.15, 0.2) is 66.1 Å². The summed E-state index contributed by atoms with van der Waals surface area (Å²) < 4.78 is 1.30. The molecule has 156 valence electrons. The Morgan fingerprint density at radius 2 is 1.41 bits per heavy atom. The van der Waals surface area contributed by atoms with E-state index in [0.29, 0.717) is 0 Å². The van der Waals surface area contributed by atoms with Crippen LogP contribution in [0.5, 0.6) is 0 Å². The van der Waals surface area contributed by atoms with Gasteiger partial charge in [0.25, 0.3) is 0 Å². The van der Waals surface area contributed by atoms with Gasteiger partial charge in [0.1, 0.15) is 0 Å². The van der Waals surface area contributed by atoms with Gasteiger partial charge in [-0.15, -0.1) is 0 Å². The number of halogens is 1.